The first-order valence-corrected chi connectivity index (χ1v) is 7.00. The van der Waals surface area contributed by atoms with Crippen LogP contribution in [0.15, 0.2) is 0 Å². The maximum atomic E-state index is 9.83. The molecule has 0 amide bonds. The summed E-state index contributed by atoms with van der Waals surface area (Å²) in [6.45, 7) is -2.40. The smallest absolute Gasteiger partial charge is 0.187 e. The quantitative estimate of drug-likeness (QED) is 0.203. The summed E-state index contributed by atoms with van der Waals surface area (Å²) in [5.74, 6) is 0. The largest absolute Gasteiger partial charge is 0.394 e. The van der Waals surface area contributed by atoms with E-state index in [1.807, 2.05) is 0 Å². The minimum atomic E-state index is -1.86. The van der Waals surface area contributed by atoms with E-state index >= 15 is 0 Å². The van der Waals surface area contributed by atoms with E-state index < -0.39 is 74.9 Å². The molecule has 1 fully saturated rings. The fraction of sp³-hybridized carbons (Fsp3) is 1.00. The van der Waals surface area contributed by atoms with Crippen LogP contribution in [0, 0.1) is 0 Å². The molecule has 0 saturated carbocycles. The Morgan fingerprint density at radius 1 is 0.826 bits per heavy atom. The van der Waals surface area contributed by atoms with Crippen LogP contribution in [0.4, 0.5) is 0 Å². The third-order valence-electron chi connectivity index (χ3n) is 3.65. The Kier molecular flexibility index (Phi) is 8.20. The van der Waals surface area contributed by atoms with E-state index in [4.69, 9.17) is 19.7 Å². The lowest BCUT2D eigenvalue weighted by atomic mass is 9.99. The number of rotatable bonds is 8. The Hall–Kier alpha value is -0.440. The van der Waals surface area contributed by atoms with Gasteiger partial charge in [0.2, 0.25) is 0 Å². The molecular weight excluding hydrogens is 320 g/mol. The second-order valence-corrected chi connectivity index (χ2v) is 5.29. The molecular formula is C12H24O11. The molecule has 11 heteroatoms. The van der Waals surface area contributed by atoms with E-state index in [-0.39, 0.29) is 0 Å². The number of hydrogen-bond donors (Lipinski definition) is 9. The molecule has 1 aliphatic heterocycles. The highest BCUT2D eigenvalue weighted by Gasteiger charge is 2.46. The molecule has 9 N–H and O–H groups in total. The van der Waals surface area contributed by atoms with Crippen molar-refractivity contribution in [1.82, 2.24) is 0 Å². The summed E-state index contributed by atoms with van der Waals surface area (Å²) < 4.78 is 10.1. The normalized spacial score (nSPS) is 37.2. The van der Waals surface area contributed by atoms with E-state index in [0.29, 0.717) is 0 Å². The summed E-state index contributed by atoms with van der Waals surface area (Å²) in [6.07, 6.45) is -14.9. The van der Waals surface area contributed by atoms with Crippen LogP contribution < -0.4 is 0 Å². The lowest BCUT2D eigenvalue weighted by molar-refractivity contribution is -0.322. The van der Waals surface area contributed by atoms with Gasteiger partial charge in [0.1, 0.15) is 48.8 Å². The molecule has 0 aromatic heterocycles. The van der Waals surface area contributed by atoms with Crippen molar-refractivity contribution < 1.29 is 55.4 Å². The predicted octanol–water partition coefficient (Wildman–Crippen LogP) is -5.76. The molecule has 138 valence electrons. The van der Waals surface area contributed by atoms with Crippen molar-refractivity contribution >= 4 is 0 Å². The van der Waals surface area contributed by atoms with Crippen molar-refractivity contribution in [3.63, 3.8) is 0 Å². The maximum Gasteiger partial charge on any atom is 0.187 e. The Labute approximate surface area is 131 Å². The fourth-order valence-corrected chi connectivity index (χ4v) is 2.14. The lowest BCUT2D eigenvalue weighted by Crippen LogP contribution is -2.61. The second kappa shape index (κ2) is 9.15. The average molecular weight is 344 g/mol. The molecule has 9 atom stereocenters. The Balaban J connectivity index is 2.77. The Bertz CT molecular complexity index is 341. The molecule has 23 heavy (non-hydrogen) atoms. The van der Waals surface area contributed by atoms with Crippen LogP contribution in [-0.2, 0) is 9.47 Å². The molecule has 0 aliphatic carbocycles. The molecule has 0 aromatic carbocycles. The summed E-state index contributed by atoms with van der Waals surface area (Å²) >= 11 is 0. The van der Waals surface area contributed by atoms with Crippen molar-refractivity contribution in [1.29, 1.82) is 0 Å². The fourth-order valence-electron chi connectivity index (χ4n) is 2.14. The zero-order valence-electron chi connectivity index (χ0n) is 12.2. The van der Waals surface area contributed by atoms with Gasteiger partial charge in [0.15, 0.2) is 6.29 Å². The lowest BCUT2D eigenvalue weighted by Gasteiger charge is -2.41. The third kappa shape index (κ3) is 4.78. The maximum absolute atomic E-state index is 9.83. The highest BCUT2D eigenvalue weighted by atomic mass is 16.7. The van der Waals surface area contributed by atoms with Gasteiger partial charge in [0.05, 0.1) is 19.8 Å². The molecule has 0 unspecified atom stereocenters. The molecule has 11 nitrogen and oxygen atoms in total. The van der Waals surface area contributed by atoms with E-state index in [1.165, 1.54) is 0 Å². The van der Waals surface area contributed by atoms with E-state index in [9.17, 15) is 35.7 Å². The minimum absolute atomic E-state index is 0.691. The molecule has 0 spiro atoms. The second-order valence-electron chi connectivity index (χ2n) is 5.29. The van der Waals surface area contributed by atoms with Crippen molar-refractivity contribution in [2.75, 3.05) is 19.8 Å². The van der Waals surface area contributed by atoms with Gasteiger partial charge >= 0.3 is 0 Å². The highest BCUT2D eigenvalue weighted by molar-refractivity contribution is 4.90. The monoisotopic (exact) mass is 344 g/mol. The molecule has 0 bridgehead atoms. The van der Waals surface area contributed by atoms with Crippen LogP contribution in [0.1, 0.15) is 0 Å². The number of aliphatic hydroxyl groups is 9. The summed E-state index contributed by atoms with van der Waals surface area (Å²) in [4.78, 5) is 0. The van der Waals surface area contributed by atoms with Crippen molar-refractivity contribution in [3.05, 3.63) is 0 Å². The van der Waals surface area contributed by atoms with Crippen LogP contribution in [0.3, 0.4) is 0 Å². The molecule has 0 radical (unpaired) electrons. The van der Waals surface area contributed by atoms with Crippen LogP contribution in [0.25, 0.3) is 0 Å². The summed E-state index contributed by atoms with van der Waals surface area (Å²) in [6, 6.07) is 0. The van der Waals surface area contributed by atoms with Crippen LogP contribution in [0.5, 0.6) is 0 Å². The van der Waals surface area contributed by atoms with Gasteiger partial charge in [-0.2, -0.15) is 0 Å². The molecule has 1 aliphatic rings. The molecule has 1 saturated heterocycles. The minimum Gasteiger partial charge on any atom is -0.394 e. The molecule has 1 heterocycles. The summed E-state index contributed by atoms with van der Waals surface area (Å²) in [5.41, 5.74) is 0. The zero-order valence-corrected chi connectivity index (χ0v) is 12.2. The number of ether oxygens (including phenoxy) is 2. The summed E-state index contributed by atoms with van der Waals surface area (Å²) in [7, 11) is 0. The summed E-state index contributed by atoms with van der Waals surface area (Å²) in [5, 5.41) is 84.7. The Morgan fingerprint density at radius 3 is 1.91 bits per heavy atom. The van der Waals surface area contributed by atoms with Gasteiger partial charge in [-0.3, -0.25) is 0 Å². The number of aliphatic hydroxyl groups excluding tert-OH is 9. The first kappa shape index (κ1) is 20.6. The van der Waals surface area contributed by atoms with Crippen molar-refractivity contribution in [3.8, 4) is 0 Å². The van der Waals surface area contributed by atoms with E-state index in [2.05, 4.69) is 0 Å². The third-order valence-corrected chi connectivity index (χ3v) is 3.65. The molecule has 0 aromatic rings. The highest BCUT2D eigenvalue weighted by Crippen LogP contribution is 2.24. The first-order chi connectivity index (χ1) is 10.8. The standard InChI is InChI=1S/C12H24O11/c13-1-4(16)7(17)8(18)5(2-14)22-12-11(21)10(20)9(19)6(3-15)23-12/h4-21H,1-3H2/t4-,5-,6-,7-,8-,9+,10+,11-,12+/m1/s1. The topological polar surface area (TPSA) is 201 Å². The zero-order chi connectivity index (χ0) is 17.7. The SMILES string of the molecule is OC[C@@H](O)[C@@H](O)[C@H](O)[C@@H](CO)O[C@H]1O[C@H](CO)[C@H](O)[C@H](O)[C@H]1O. The Morgan fingerprint density at radius 2 is 1.43 bits per heavy atom. The average Bonchev–Trinajstić information content (AvgIpc) is 2.57. The van der Waals surface area contributed by atoms with Gasteiger partial charge in [-0.15, -0.1) is 0 Å². The van der Waals surface area contributed by atoms with E-state index in [0.717, 1.165) is 0 Å². The van der Waals surface area contributed by atoms with Gasteiger partial charge in [0.25, 0.3) is 0 Å². The van der Waals surface area contributed by atoms with Crippen molar-refractivity contribution in [2.45, 2.75) is 55.1 Å². The first-order valence-electron chi connectivity index (χ1n) is 7.00. The van der Waals surface area contributed by atoms with Crippen molar-refractivity contribution in [2.24, 2.45) is 0 Å². The predicted molar refractivity (Wildman–Crippen MR) is 70.8 cm³/mol. The van der Waals surface area contributed by atoms with Gasteiger partial charge in [-0.05, 0) is 0 Å². The van der Waals surface area contributed by atoms with E-state index in [1.54, 1.807) is 0 Å². The van der Waals surface area contributed by atoms with Gasteiger partial charge in [-0.1, -0.05) is 0 Å². The van der Waals surface area contributed by atoms with Crippen LogP contribution in [0.2, 0.25) is 0 Å². The molecule has 1 rings (SSSR count). The van der Waals surface area contributed by atoms with Crippen LogP contribution >= 0.6 is 0 Å². The van der Waals surface area contributed by atoms with Gasteiger partial charge < -0.3 is 55.4 Å². The number of hydrogen-bond acceptors (Lipinski definition) is 11. The van der Waals surface area contributed by atoms with Gasteiger partial charge in [0, 0.05) is 0 Å². The van der Waals surface area contributed by atoms with Crippen LogP contribution in [-0.4, -0.2) is 121 Å². The van der Waals surface area contributed by atoms with Gasteiger partial charge in [-0.25, -0.2) is 0 Å².